The summed E-state index contributed by atoms with van der Waals surface area (Å²) in [4.78, 5) is 12.2. The van der Waals surface area contributed by atoms with Crippen molar-refractivity contribution in [2.75, 3.05) is 5.32 Å². The quantitative estimate of drug-likeness (QED) is 0.782. The number of aromatic nitrogens is 2. The Kier molecular flexibility index (Phi) is 4.56. The van der Waals surface area contributed by atoms with Crippen LogP contribution in [0.2, 0.25) is 0 Å². The minimum absolute atomic E-state index is 0.312. The van der Waals surface area contributed by atoms with Gasteiger partial charge in [0.25, 0.3) is 5.91 Å². The van der Waals surface area contributed by atoms with Gasteiger partial charge in [0.05, 0.1) is 0 Å². The van der Waals surface area contributed by atoms with E-state index in [1.54, 1.807) is 49.6 Å². The normalized spacial score (nSPS) is 11.8. The second-order valence-electron chi connectivity index (χ2n) is 5.18. The molecule has 6 heteroatoms. The van der Waals surface area contributed by atoms with Crippen LogP contribution in [0.15, 0.2) is 67.0 Å². The van der Waals surface area contributed by atoms with E-state index in [1.807, 2.05) is 18.2 Å². The average molecular weight is 325 g/mol. The Bertz CT molecular complexity index is 820. The number of nitrogens with zero attached hydrogens (tertiary/aromatic N) is 2. The van der Waals surface area contributed by atoms with Crippen LogP contribution in [0.3, 0.4) is 0 Å². The van der Waals surface area contributed by atoms with Crippen LogP contribution in [0, 0.1) is 5.82 Å². The van der Waals surface area contributed by atoms with Gasteiger partial charge in [0, 0.05) is 18.1 Å². The molecule has 5 nitrogen and oxygen atoms in total. The molecule has 0 saturated heterocycles. The number of anilines is 1. The van der Waals surface area contributed by atoms with Crippen molar-refractivity contribution >= 4 is 11.6 Å². The first-order valence-electron chi connectivity index (χ1n) is 7.45. The lowest BCUT2D eigenvalue weighted by Gasteiger charge is -2.15. The Morgan fingerprint density at radius 3 is 2.67 bits per heavy atom. The van der Waals surface area contributed by atoms with Gasteiger partial charge in [-0.15, -0.1) is 0 Å². The van der Waals surface area contributed by atoms with E-state index in [1.165, 1.54) is 10.7 Å². The van der Waals surface area contributed by atoms with Crippen molar-refractivity contribution in [1.82, 2.24) is 9.78 Å². The summed E-state index contributed by atoms with van der Waals surface area (Å²) in [5, 5.41) is 6.62. The van der Waals surface area contributed by atoms with Crippen molar-refractivity contribution in [3.63, 3.8) is 0 Å². The number of amides is 1. The van der Waals surface area contributed by atoms with Gasteiger partial charge in [-0.1, -0.05) is 18.2 Å². The molecule has 0 fully saturated rings. The number of halogens is 1. The number of hydrogen-bond acceptors (Lipinski definition) is 3. The molecule has 3 aromatic rings. The molecule has 122 valence electrons. The largest absolute Gasteiger partial charge is 0.481 e. The zero-order valence-electron chi connectivity index (χ0n) is 13.0. The van der Waals surface area contributed by atoms with Gasteiger partial charge >= 0.3 is 0 Å². The molecule has 1 N–H and O–H groups in total. The first-order valence-corrected chi connectivity index (χ1v) is 7.45. The van der Waals surface area contributed by atoms with Crippen LogP contribution in [0.1, 0.15) is 6.92 Å². The van der Waals surface area contributed by atoms with Gasteiger partial charge in [-0.3, -0.25) is 4.79 Å². The highest BCUT2D eigenvalue weighted by Gasteiger charge is 2.15. The summed E-state index contributed by atoms with van der Waals surface area (Å²) in [7, 11) is 0. The molecule has 2 aromatic carbocycles. The van der Waals surface area contributed by atoms with Gasteiger partial charge in [0.1, 0.15) is 11.4 Å². The van der Waals surface area contributed by atoms with E-state index in [4.69, 9.17) is 4.74 Å². The second-order valence-corrected chi connectivity index (χ2v) is 5.18. The summed E-state index contributed by atoms with van der Waals surface area (Å²) in [6.45, 7) is 1.64. The van der Waals surface area contributed by atoms with E-state index in [-0.39, 0.29) is 5.91 Å². The summed E-state index contributed by atoms with van der Waals surface area (Å²) in [5.41, 5.74) is 0.670. The van der Waals surface area contributed by atoms with Gasteiger partial charge in [0.15, 0.2) is 11.9 Å². The third-order valence-electron chi connectivity index (χ3n) is 3.39. The molecule has 0 radical (unpaired) electrons. The lowest BCUT2D eigenvalue weighted by molar-refractivity contribution is -0.122. The van der Waals surface area contributed by atoms with E-state index in [9.17, 15) is 9.18 Å². The predicted octanol–water partition coefficient (Wildman–Crippen LogP) is 3.42. The van der Waals surface area contributed by atoms with Crippen molar-refractivity contribution in [2.45, 2.75) is 13.0 Å². The molecule has 0 aliphatic carbocycles. The fraction of sp³-hybridized carbons (Fsp3) is 0.111. The van der Waals surface area contributed by atoms with Crippen molar-refractivity contribution in [3.8, 4) is 11.4 Å². The van der Waals surface area contributed by atoms with Crippen LogP contribution in [0.5, 0.6) is 5.75 Å². The number of carbonyl (C=O) groups is 1. The van der Waals surface area contributed by atoms with Crippen molar-refractivity contribution in [1.29, 1.82) is 0 Å². The lowest BCUT2D eigenvalue weighted by atomic mass is 10.2. The molecule has 0 unspecified atom stereocenters. The number of rotatable bonds is 5. The van der Waals surface area contributed by atoms with Gasteiger partial charge in [-0.2, -0.15) is 5.10 Å². The smallest absolute Gasteiger partial charge is 0.265 e. The Morgan fingerprint density at radius 1 is 1.21 bits per heavy atom. The molecule has 3 rings (SSSR count). The number of hydrogen-bond donors (Lipinski definition) is 1. The highest BCUT2D eigenvalue weighted by Crippen LogP contribution is 2.18. The molecule has 0 bridgehead atoms. The monoisotopic (exact) mass is 325 g/mol. The van der Waals surface area contributed by atoms with Crippen LogP contribution in [0.25, 0.3) is 5.69 Å². The number of benzene rings is 2. The molecule has 24 heavy (non-hydrogen) atoms. The summed E-state index contributed by atoms with van der Waals surface area (Å²) >= 11 is 0. The number of nitrogens with one attached hydrogen (secondary N) is 1. The van der Waals surface area contributed by atoms with Crippen LogP contribution in [-0.4, -0.2) is 21.8 Å². The van der Waals surface area contributed by atoms with Crippen LogP contribution >= 0.6 is 0 Å². The van der Waals surface area contributed by atoms with Gasteiger partial charge in [-0.25, -0.2) is 9.07 Å². The highest BCUT2D eigenvalue weighted by molar-refractivity contribution is 5.94. The molecule has 1 atom stereocenters. The predicted molar refractivity (Wildman–Crippen MR) is 88.7 cm³/mol. The lowest BCUT2D eigenvalue weighted by Crippen LogP contribution is -2.30. The average Bonchev–Trinajstić information content (AvgIpc) is 3.10. The summed E-state index contributed by atoms with van der Waals surface area (Å²) < 4.78 is 21.1. The third kappa shape index (κ3) is 3.60. The Labute approximate surface area is 138 Å². The van der Waals surface area contributed by atoms with E-state index < -0.39 is 11.9 Å². The first kappa shape index (κ1) is 15.7. The minimum atomic E-state index is -0.707. The molecule has 0 aliphatic rings. The molecule has 0 aliphatic heterocycles. The third-order valence-corrected chi connectivity index (χ3v) is 3.39. The summed E-state index contributed by atoms with van der Waals surface area (Å²) in [6.07, 6.45) is 2.51. The number of ether oxygens (including phenoxy) is 1. The molecule has 0 saturated carbocycles. The Morgan fingerprint density at radius 2 is 2.00 bits per heavy atom. The topological polar surface area (TPSA) is 56.1 Å². The van der Waals surface area contributed by atoms with Gasteiger partial charge in [-0.05, 0) is 43.3 Å². The highest BCUT2D eigenvalue weighted by atomic mass is 19.1. The zero-order chi connectivity index (χ0) is 16.9. The molecular formula is C18H16FN3O2. The first-order chi connectivity index (χ1) is 11.6. The van der Waals surface area contributed by atoms with Crippen molar-refractivity contribution in [2.24, 2.45) is 0 Å². The Balaban J connectivity index is 1.67. The van der Waals surface area contributed by atoms with Crippen LogP contribution < -0.4 is 10.1 Å². The Hall–Kier alpha value is -3.15. The molecule has 1 aromatic heterocycles. The van der Waals surface area contributed by atoms with Crippen molar-refractivity contribution < 1.29 is 13.9 Å². The van der Waals surface area contributed by atoms with Gasteiger partial charge < -0.3 is 10.1 Å². The van der Waals surface area contributed by atoms with E-state index in [0.29, 0.717) is 17.1 Å². The minimum Gasteiger partial charge on any atom is -0.481 e. The molecule has 1 heterocycles. The fourth-order valence-corrected chi connectivity index (χ4v) is 2.18. The standard InChI is InChI=1S/C18H16FN3O2/c1-13(24-15-6-3-2-4-7-15)18(23)21-14-8-9-17(16(19)12-14)22-11-5-10-20-22/h2-13H,1H3,(H,21,23)/t13-/m1/s1. The molecule has 0 spiro atoms. The second kappa shape index (κ2) is 6.95. The van der Waals surface area contributed by atoms with Crippen LogP contribution in [0.4, 0.5) is 10.1 Å². The van der Waals surface area contributed by atoms with Crippen LogP contribution in [-0.2, 0) is 4.79 Å². The SMILES string of the molecule is C[C@@H](Oc1ccccc1)C(=O)Nc1ccc(-n2cccn2)c(F)c1. The van der Waals surface area contributed by atoms with E-state index >= 15 is 0 Å². The maximum Gasteiger partial charge on any atom is 0.265 e. The maximum atomic E-state index is 14.2. The summed E-state index contributed by atoms with van der Waals surface area (Å²) in [6, 6.07) is 15.2. The van der Waals surface area contributed by atoms with E-state index in [2.05, 4.69) is 10.4 Å². The fourth-order valence-electron chi connectivity index (χ4n) is 2.18. The van der Waals surface area contributed by atoms with Gasteiger partial charge in [0.2, 0.25) is 0 Å². The maximum absolute atomic E-state index is 14.2. The van der Waals surface area contributed by atoms with E-state index in [0.717, 1.165) is 0 Å². The van der Waals surface area contributed by atoms with Crippen molar-refractivity contribution in [3.05, 3.63) is 72.8 Å². The summed E-state index contributed by atoms with van der Waals surface area (Å²) in [5.74, 6) is -0.237. The molecule has 1 amide bonds. The number of para-hydroxylation sites is 1. The number of carbonyl (C=O) groups excluding carboxylic acids is 1. The molecular weight excluding hydrogens is 309 g/mol. The zero-order valence-corrected chi connectivity index (χ0v) is 13.0.